The summed E-state index contributed by atoms with van der Waals surface area (Å²) in [5.41, 5.74) is 3.09. The van der Waals surface area contributed by atoms with E-state index in [9.17, 15) is 4.79 Å². The third-order valence-electron chi connectivity index (χ3n) is 2.96. The number of aliphatic carboxylic acids is 1. The zero-order valence-electron chi connectivity index (χ0n) is 9.36. The Labute approximate surface area is 94.4 Å². The molecule has 1 atom stereocenters. The van der Waals surface area contributed by atoms with Crippen LogP contribution < -0.4 is 4.74 Å². The van der Waals surface area contributed by atoms with Crippen LogP contribution in [0.25, 0.3) is 5.57 Å². The molecule has 0 bridgehead atoms. The molecule has 0 saturated carbocycles. The van der Waals surface area contributed by atoms with Crippen molar-refractivity contribution in [2.24, 2.45) is 0 Å². The highest BCUT2D eigenvalue weighted by Gasteiger charge is 2.24. The number of allylic oxidation sites excluding steroid dienone is 1. The van der Waals surface area contributed by atoms with Crippen molar-refractivity contribution in [2.75, 3.05) is 7.11 Å². The topological polar surface area (TPSA) is 46.5 Å². The van der Waals surface area contributed by atoms with Gasteiger partial charge in [0, 0.05) is 6.08 Å². The van der Waals surface area contributed by atoms with Crippen LogP contribution >= 0.6 is 0 Å². The van der Waals surface area contributed by atoms with Gasteiger partial charge in [-0.2, -0.15) is 0 Å². The molecule has 1 unspecified atom stereocenters. The predicted molar refractivity (Wildman–Crippen MR) is 61.6 cm³/mol. The number of benzene rings is 1. The van der Waals surface area contributed by atoms with E-state index in [0.29, 0.717) is 5.92 Å². The maximum absolute atomic E-state index is 10.7. The van der Waals surface area contributed by atoms with Crippen LogP contribution in [0.1, 0.15) is 30.4 Å². The highest BCUT2D eigenvalue weighted by atomic mass is 16.5. The average molecular weight is 218 g/mol. The Bertz CT molecular complexity index is 460. The summed E-state index contributed by atoms with van der Waals surface area (Å²) >= 11 is 0. The summed E-state index contributed by atoms with van der Waals surface area (Å²) < 4.78 is 5.15. The molecule has 2 rings (SSSR count). The fourth-order valence-electron chi connectivity index (χ4n) is 2.21. The minimum atomic E-state index is -0.891. The number of fused-ring (bicyclic) bond motifs is 1. The Morgan fingerprint density at radius 3 is 2.94 bits per heavy atom. The van der Waals surface area contributed by atoms with Crippen molar-refractivity contribution in [3.05, 3.63) is 35.4 Å². The Morgan fingerprint density at radius 2 is 2.31 bits per heavy atom. The van der Waals surface area contributed by atoms with Gasteiger partial charge in [-0.25, -0.2) is 4.79 Å². The Hall–Kier alpha value is -1.77. The molecule has 1 aromatic rings. The lowest BCUT2D eigenvalue weighted by atomic mass is 10.0. The van der Waals surface area contributed by atoms with Crippen LogP contribution in [0.3, 0.4) is 0 Å². The standard InChI is InChI=1S/C13H14O3/c1-8-5-9(6-13(14)15)12-7-10(16-2)3-4-11(8)12/h3-4,6-8H,5H2,1-2H3,(H,14,15)/b9-6+. The summed E-state index contributed by atoms with van der Waals surface area (Å²) in [4.78, 5) is 10.7. The Balaban J connectivity index is 2.50. The van der Waals surface area contributed by atoms with Gasteiger partial charge >= 0.3 is 5.97 Å². The number of hydrogen-bond donors (Lipinski definition) is 1. The number of carbonyl (C=O) groups is 1. The summed E-state index contributed by atoms with van der Waals surface area (Å²) in [5, 5.41) is 8.80. The highest BCUT2D eigenvalue weighted by molar-refractivity contribution is 5.92. The zero-order chi connectivity index (χ0) is 11.7. The van der Waals surface area contributed by atoms with Crippen LogP contribution in [-0.2, 0) is 4.79 Å². The minimum absolute atomic E-state index is 0.381. The number of carboxylic acids is 1. The number of rotatable bonds is 2. The lowest BCUT2D eigenvalue weighted by Crippen LogP contribution is -1.91. The first-order valence-electron chi connectivity index (χ1n) is 5.23. The van der Waals surface area contributed by atoms with Gasteiger partial charge in [-0.15, -0.1) is 0 Å². The average Bonchev–Trinajstić information content (AvgIpc) is 2.54. The number of methoxy groups -OCH3 is 1. The van der Waals surface area contributed by atoms with Gasteiger partial charge in [-0.3, -0.25) is 0 Å². The molecule has 3 nitrogen and oxygen atoms in total. The minimum Gasteiger partial charge on any atom is -0.497 e. The van der Waals surface area contributed by atoms with Crippen molar-refractivity contribution in [3.63, 3.8) is 0 Å². The maximum atomic E-state index is 10.7. The number of ether oxygens (including phenoxy) is 1. The summed E-state index contributed by atoms with van der Waals surface area (Å²) in [6.07, 6.45) is 2.08. The van der Waals surface area contributed by atoms with Gasteiger partial charge in [0.25, 0.3) is 0 Å². The Morgan fingerprint density at radius 1 is 1.56 bits per heavy atom. The normalized spacial score (nSPS) is 20.9. The van der Waals surface area contributed by atoms with E-state index < -0.39 is 5.97 Å². The largest absolute Gasteiger partial charge is 0.497 e. The molecule has 16 heavy (non-hydrogen) atoms. The van der Waals surface area contributed by atoms with E-state index in [1.54, 1.807) is 7.11 Å². The molecule has 0 radical (unpaired) electrons. The van der Waals surface area contributed by atoms with Crippen LogP contribution in [0.5, 0.6) is 5.75 Å². The molecule has 0 aromatic heterocycles. The van der Waals surface area contributed by atoms with E-state index in [4.69, 9.17) is 9.84 Å². The van der Waals surface area contributed by atoms with Crippen LogP contribution in [0, 0.1) is 0 Å². The molecule has 1 aliphatic rings. The molecule has 84 valence electrons. The SMILES string of the molecule is COc1ccc2c(c1)/C(=C/C(=O)O)CC2C. The molecule has 1 aliphatic carbocycles. The molecular weight excluding hydrogens is 204 g/mol. The second kappa shape index (κ2) is 4.00. The van der Waals surface area contributed by atoms with Gasteiger partial charge in [0.05, 0.1) is 7.11 Å². The van der Waals surface area contributed by atoms with Gasteiger partial charge in [-0.1, -0.05) is 13.0 Å². The second-order valence-corrected chi connectivity index (χ2v) is 4.07. The van der Waals surface area contributed by atoms with E-state index in [0.717, 1.165) is 23.3 Å². The lowest BCUT2D eigenvalue weighted by molar-refractivity contribution is -0.131. The van der Waals surface area contributed by atoms with E-state index in [2.05, 4.69) is 6.92 Å². The lowest BCUT2D eigenvalue weighted by Gasteiger charge is -2.05. The third kappa shape index (κ3) is 1.81. The molecule has 3 heteroatoms. The van der Waals surface area contributed by atoms with Crippen LogP contribution in [0.15, 0.2) is 24.3 Å². The quantitative estimate of drug-likeness (QED) is 0.776. The van der Waals surface area contributed by atoms with E-state index in [-0.39, 0.29) is 0 Å². The molecule has 1 aromatic carbocycles. The molecule has 0 spiro atoms. The van der Waals surface area contributed by atoms with Gasteiger partial charge in [0.15, 0.2) is 0 Å². The van der Waals surface area contributed by atoms with Gasteiger partial charge < -0.3 is 9.84 Å². The van der Waals surface area contributed by atoms with Crippen molar-refractivity contribution < 1.29 is 14.6 Å². The molecule has 0 saturated heterocycles. The highest BCUT2D eigenvalue weighted by Crippen LogP contribution is 2.42. The van der Waals surface area contributed by atoms with E-state index in [1.165, 1.54) is 11.6 Å². The molecule has 0 heterocycles. The number of carboxylic acid groups (broad SMARTS) is 1. The first-order chi connectivity index (χ1) is 7.61. The van der Waals surface area contributed by atoms with Gasteiger partial charge in [0.2, 0.25) is 0 Å². The fourth-order valence-corrected chi connectivity index (χ4v) is 2.21. The van der Waals surface area contributed by atoms with Crippen molar-refractivity contribution in [3.8, 4) is 5.75 Å². The van der Waals surface area contributed by atoms with E-state index in [1.807, 2.05) is 18.2 Å². The van der Waals surface area contributed by atoms with Crippen molar-refractivity contribution in [1.29, 1.82) is 0 Å². The van der Waals surface area contributed by atoms with Crippen molar-refractivity contribution >= 4 is 11.5 Å². The summed E-state index contributed by atoms with van der Waals surface area (Å²) in [6, 6.07) is 5.84. The second-order valence-electron chi connectivity index (χ2n) is 4.07. The van der Waals surface area contributed by atoms with Gasteiger partial charge in [-0.05, 0) is 41.2 Å². The summed E-state index contributed by atoms with van der Waals surface area (Å²) in [6.45, 7) is 2.11. The van der Waals surface area contributed by atoms with Gasteiger partial charge in [0.1, 0.15) is 5.75 Å². The zero-order valence-corrected chi connectivity index (χ0v) is 9.36. The van der Waals surface area contributed by atoms with Crippen LogP contribution in [0.2, 0.25) is 0 Å². The van der Waals surface area contributed by atoms with Crippen molar-refractivity contribution in [2.45, 2.75) is 19.3 Å². The number of hydrogen-bond acceptors (Lipinski definition) is 2. The molecule has 0 aliphatic heterocycles. The first kappa shape index (κ1) is 10.7. The monoisotopic (exact) mass is 218 g/mol. The van der Waals surface area contributed by atoms with Crippen LogP contribution in [-0.4, -0.2) is 18.2 Å². The smallest absolute Gasteiger partial charge is 0.328 e. The molecule has 0 fully saturated rings. The molecule has 0 amide bonds. The predicted octanol–water partition coefficient (Wildman–Crippen LogP) is 2.67. The fraction of sp³-hybridized carbons (Fsp3) is 0.308. The summed E-state index contributed by atoms with van der Waals surface area (Å²) in [7, 11) is 1.61. The summed E-state index contributed by atoms with van der Waals surface area (Å²) in [5.74, 6) is 0.258. The van der Waals surface area contributed by atoms with Crippen LogP contribution in [0.4, 0.5) is 0 Å². The Kier molecular flexibility index (Phi) is 2.69. The van der Waals surface area contributed by atoms with Crippen molar-refractivity contribution in [1.82, 2.24) is 0 Å². The third-order valence-corrected chi connectivity index (χ3v) is 2.96. The molecule has 1 N–H and O–H groups in total. The maximum Gasteiger partial charge on any atom is 0.328 e. The first-order valence-corrected chi connectivity index (χ1v) is 5.23. The van der Waals surface area contributed by atoms with E-state index >= 15 is 0 Å². The molecular formula is C13H14O3.